The molecule has 4 nitrogen and oxygen atoms in total. The number of hydrogen-bond donors (Lipinski definition) is 2. The maximum Gasteiger partial charge on any atom is 0.339 e. The van der Waals surface area contributed by atoms with Crippen LogP contribution in [0.4, 0.5) is 15.8 Å². The van der Waals surface area contributed by atoms with Crippen molar-refractivity contribution in [3.8, 4) is 0 Å². The van der Waals surface area contributed by atoms with Crippen molar-refractivity contribution in [2.45, 2.75) is 0 Å². The molecule has 0 saturated heterocycles. The maximum absolute atomic E-state index is 12.8. The molecule has 0 heterocycles. The van der Waals surface area contributed by atoms with Crippen LogP contribution in [-0.2, 0) is 4.74 Å². The minimum absolute atomic E-state index is 0.235. The molecular weight excluding hydrogens is 327 g/mol. The highest BCUT2D eigenvalue weighted by molar-refractivity contribution is 7.80. The summed E-state index contributed by atoms with van der Waals surface area (Å²) in [5.41, 5.74) is 1.45. The number of hydrogen-bond acceptors (Lipinski definition) is 3. The van der Waals surface area contributed by atoms with Gasteiger partial charge >= 0.3 is 5.97 Å². The summed E-state index contributed by atoms with van der Waals surface area (Å²) in [4.78, 5) is 11.6. The monoisotopic (exact) mass is 338 g/mol. The van der Waals surface area contributed by atoms with Crippen molar-refractivity contribution in [1.82, 2.24) is 0 Å². The minimum atomic E-state index is -0.536. The van der Waals surface area contributed by atoms with Crippen LogP contribution >= 0.6 is 23.8 Å². The molecule has 2 N–H and O–H groups in total. The molecule has 114 valence electrons. The first kappa shape index (κ1) is 16.2. The van der Waals surface area contributed by atoms with Crippen LogP contribution < -0.4 is 10.6 Å². The van der Waals surface area contributed by atoms with Gasteiger partial charge in [0.1, 0.15) is 5.82 Å². The molecule has 0 spiro atoms. The van der Waals surface area contributed by atoms with Crippen molar-refractivity contribution in [3.63, 3.8) is 0 Å². The molecule has 0 saturated carbocycles. The Labute approximate surface area is 137 Å². The predicted octanol–water partition coefficient (Wildman–Crippen LogP) is 4.07. The van der Waals surface area contributed by atoms with Crippen LogP contribution in [0.2, 0.25) is 5.02 Å². The van der Waals surface area contributed by atoms with Crippen LogP contribution in [0.5, 0.6) is 0 Å². The number of halogens is 2. The van der Waals surface area contributed by atoms with E-state index in [4.69, 9.17) is 23.8 Å². The van der Waals surface area contributed by atoms with E-state index in [0.717, 1.165) is 0 Å². The Morgan fingerprint density at radius 2 is 1.73 bits per heavy atom. The number of benzene rings is 2. The molecule has 2 aromatic rings. The van der Waals surface area contributed by atoms with Gasteiger partial charge in [0.05, 0.1) is 17.7 Å². The van der Waals surface area contributed by atoms with Crippen LogP contribution in [0.1, 0.15) is 10.4 Å². The molecule has 0 amide bonds. The highest BCUT2D eigenvalue weighted by Crippen LogP contribution is 2.21. The van der Waals surface area contributed by atoms with Gasteiger partial charge in [-0.05, 0) is 54.7 Å². The van der Waals surface area contributed by atoms with Crippen molar-refractivity contribution in [2.75, 3.05) is 17.7 Å². The fraction of sp³-hybridized carbons (Fsp3) is 0.0667. The molecule has 0 aliphatic rings. The first-order valence-corrected chi connectivity index (χ1v) is 6.99. The lowest BCUT2D eigenvalue weighted by atomic mass is 10.2. The number of carbonyl (C=O) groups is 1. The first-order valence-electron chi connectivity index (χ1n) is 6.21. The molecule has 0 radical (unpaired) electrons. The Bertz CT molecular complexity index is 707. The molecule has 0 aromatic heterocycles. The van der Waals surface area contributed by atoms with E-state index in [1.165, 1.54) is 25.3 Å². The van der Waals surface area contributed by atoms with Gasteiger partial charge in [-0.1, -0.05) is 11.6 Å². The third kappa shape index (κ3) is 4.16. The van der Waals surface area contributed by atoms with Gasteiger partial charge in [-0.2, -0.15) is 0 Å². The normalized spacial score (nSPS) is 9.95. The predicted molar refractivity (Wildman–Crippen MR) is 89.0 cm³/mol. The Kier molecular flexibility index (Phi) is 5.30. The maximum atomic E-state index is 12.8. The zero-order chi connectivity index (χ0) is 16.1. The van der Waals surface area contributed by atoms with E-state index in [9.17, 15) is 9.18 Å². The number of ether oxygens (including phenoxy) is 1. The van der Waals surface area contributed by atoms with Gasteiger partial charge < -0.3 is 15.4 Å². The van der Waals surface area contributed by atoms with Crippen LogP contribution in [-0.4, -0.2) is 18.2 Å². The Morgan fingerprint density at radius 1 is 1.14 bits per heavy atom. The summed E-state index contributed by atoms with van der Waals surface area (Å²) < 4.78 is 17.5. The van der Waals surface area contributed by atoms with Crippen molar-refractivity contribution >= 4 is 46.3 Å². The second-order valence-electron chi connectivity index (χ2n) is 4.27. The van der Waals surface area contributed by atoms with E-state index in [1.54, 1.807) is 24.3 Å². The van der Waals surface area contributed by atoms with E-state index >= 15 is 0 Å². The van der Waals surface area contributed by atoms with Gasteiger partial charge in [-0.25, -0.2) is 9.18 Å². The Balaban J connectivity index is 2.08. The molecule has 22 heavy (non-hydrogen) atoms. The smallest absolute Gasteiger partial charge is 0.339 e. The summed E-state index contributed by atoms with van der Waals surface area (Å²) in [6.07, 6.45) is 0. The molecular formula is C15H12ClFN2O2S. The average Bonchev–Trinajstić information content (AvgIpc) is 2.50. The molecule has 7 heteroatoms. The van der Waals surface area contributed by atoms with Gasteiger partial charge in [0.25, 0.3) is 0 Å². The number of methoxy groups -OCH3 is 1. The van der Waals surface area contributed by atoms with Crippen LogP contribution in [0.15, 0.2) is 42.5 Å². The van der Waals surface area contributed by atoms with Crippen molar-refractivity contribution in [3.05, 3.63) is 58.9 Å². The highest BCUT2D eigenvalue weighted by atomic mass is 35.5. The number of esters is 1. The third-order valence-corrected chi connectivity index (χ3v) is 3.27. The summed E-state index contributed by atoms with van der Waals surface area (Å²) in [5.74, 6) is -0.865. The highest BCUT2D eigenvalue weighted by Gasteiger charge is 2.11. The van der Waals surface area contributed by atoms with E-state index in [0.29, 0.717) is 16.5 Å². The Morgan fingerprint density at radius 3 is 2.36 bits per heavy atom. The largest absolute Gasteiger partial charge is 0.465 e. The zero-order valence-electron chi connectivity index (χ0n) is 11.5. The van der Waals surface area contributed by atoms with E-state index in [2.05, 4.69) is 15.4 Å². The van der Waals surface area contributed by atoms with E-state index < -0.39 is 5.97 Å². The van der Waals surface area contributed by atoms with Crippen molar-refractivity contribution in [2.24, 2.45) is 0 Å². The lowest BCUT2D eigenvalue weighted by Crippen LogP contribution is -2.19. The fourth-order valence-corrected chi connectivity index (χ4v) is 2.13. The van der Waals surface area contributed by atoms with Gasteiger partial charge in [0.15, 0.2) is 5.11 Å². The quantitative estimate of drug-likeness (QED) is 0.652. The van der Waals surface area contributed by atoms with E-state index in [-0.39, 0.29) is 16.4 Å². The molecule has 0 aliphatic carbocycles. The fourth-order valence-electron chi connectivity index (χ4n) is 1.70. The molecule has 0 atom stereocenters. The molecule has 0 aliphatic heterocycles. The van der Waals surface area contributed by atoms with Gasteiger partial charge in [0.2, 0.25) is 0 Å². The van der Waals surface area contributed by atoms with Gasteiger partial charge in [-0.15, -0.1) is 0 Å². The Hall–Kier alpha value is -2.18. The number of thiocarbonyl (C=S) groups is 1. The second kappa shape index (κ2) is 7.20. The molecule has 0 bridgehead atoms. The lowest BCUT2D eigenvalue weighted by molar-refractivity contribution is 0.0601. The topological polar surface area (TPSA) is 50.4 Å². The van der Waals surface area contributed by atoms with Crippen molar-refractivity contribution < 1.29 is 13.9 Å². The van der Waals surface area contributed by atoms with Crippen LogP contribution in [0.25, 0.3) is 0 Å². The summed E-state index contributed by atoms with van der Waals surface area (Å²) in [6.45, 7) is 0. The van der Waals surface area contributed by atoms with Crippen LogP contribution in [0, 0.1) is 5.82 Å². The van der Waals surface area contributed by atoms with Crippen molar-refractivity contribution in [1.29, 1.82) is 0 Å². The zero-order valence-corrected chi connectivity index (χ0v) is 13.1. The number of rotatable bonds is 3. The number of carbonyl (C=O) groups excluding carboxylic acids is 1. The first-order chi connectivity index (χ1) is 10.5. The summed E-state index contributed by atoms with van der Waals surface area (Å²) in [7, 11) is 1.28. The van der Waals surface area contributed by atoms with Gasteiger partial charge in [-0.3, -0.25) is 0 Å². The molecule has 2 aromatic carbocycles. The van der Waals surface area contributed by atoms with Crippen LogP contribution in [0.3, 0.4) is 0 Å². The van der Waals surface area contributed by atoms with E-state index in [1.807, 2.05) is 0 Å². The number of nitrogens with one attached hydrogen (secondary N) is 2. The summed E-state index contributed by atoms with van der Waals surface area (Å²) in [5, 5.41) is 6.39. The minimum Gasteiger partial charge on any atom is -0.465 e. The average molecular weight is 339 g/mol. The molecule has 0 unspecified atom stereocenters. The molecule has 2 rings (SSSR count). The summed E-state index contributed by atoms with van der Waals surface area (Å²) >= 11 is 11.1. The molecule has 0 fully saturated rings. The standard InChI is InChI=1S/C15H12ClFN2O2S/c1-21-14(20)12-8-11(6-7-13(12)16)19-15(22)18-10-4-2-9(17)3-5-10/h2-8H,1H3,(H2,18,19,22). The summed E-state index contributed by atoms with van der Waals surface area (Å²) in [6, 6.07) is 10.5. The second-order valence-corrected chi connectivity index (χ2v) is 5.09. The SMILES string of the molecule is COC(=O)c1cc(NC(=S)Nc2ccc(F)cc2)ccc1Cl. The van der Waals surface area contributed by atoms with Gasteiger partial charge in [0, 0.05) is 11.4 Å². The third-order valence-electron chi connectivity index (χ3n) is 2.73. The lowest BCUT2D eigenvalue weighted by Gasteiger charge is -2.12. The number of anilines is 2.